The van der Waals surface area contributed by atoms with Gasteiger partial charge in [-0.3, -0.25) is 4.90 Å². The van der Waals surface area contributed by atoms with Crippen molar-refractivity contribution in [3.05, 3.63) is 11.6 Å². The first-order valence-corrected chi connectivity index (χ1v) is 6.72. The molecule has 1 N–H and O–H groups in total. The van der Waals surface area contributed by atoms with E-state index in [-0.39, 0.29) is 6.10 Å². The zero-order valence-corrected chi connectivity index (χ0v) is 10.6. The van der Waals surface area contributed by atoms with Crippen LogP contribution in [0.3, 0.4) is 0 Å². The van der Waals surface area contributed by atoms with Gasteiger partial charge in [0.15, 0.2) is 0 Å². The summed E-state index contributed by atoms with van der Waals surface area (Å²) in [6, 6.07) is 1.89. The van der Waals surface area contributed by atoms with E-state index in [2.05, 4.69) is 31.7 Å². The second-order valence-corrected chi connectivity index (χ2v) is 6.15. The fraction of sp³-hybridized carbons (Fsp3) is 0.857. The average molecular weight is 221 g/mol. The standard InChI is InChI=1S/C14H23NO/c1-8-6-11-4-5-12-9(2)14(16)10(3)13(7-8)15(11)12/h6,9-14,16H,4-5,7H2,1-3H3/t9-,10-,11-,12-,13-,14+/m1/s1. The predicted molar refractivity (Wildman–Crippen MR) is 65.1 cm³/mol. The van der Waals surface area contributed by atoms with E-state index in [4.69, 9.17) is 0 Å². The second-order valence-electron chi connectivity index (χ2n) is 6.15. The molecule has 0 bridgehead atoms. The van der Waals surface area contributed by atoms with Gasteiger partial charge in [0.25, 0.3) is 0 Å². The van der Waals surface area contributed by atoms with Gasteiger partial charge in [0.1, 0.15) is 0 Å². The Morgan fingerprint density at radius 1 is 1.19 bits per heavy atom. The first-order chi connectivity index (χ1) is 7.59. The Labute approximate surface area is 98.3 Å². The molecule has 0 aromatic carbocycles. The molecule has 3 heterocycles. The van der Waals surface area contributed by atoms with E-state index in [9.17, 15) is 5.11 Å². The van der Waals surface area contributed by atoms with Crippen molar-refractivity contribution in [2.24, 2.45) is 11.8 Å². The highest BCUT2D eigenvalue weighted by atomic mass is 16.3. The first kappa shape index (κ1) is 10.8. The lowest BCUT2D eigenvalue weighted by Gasteiger charge is -2.51. The third-order valence-electron chi connectivity index (χ3n) is 5.21. The van der Waals surface area contributed by atoms with E-state index < -0.39 is 0 Å². The molecule has 0 radical (unpaired) electrons. The van der Waals surface area contributed by atoms with E-state index in [1.807, 2.05) is 0 Å². The lowest BCUT2D eigenvalue weighted by Crippen LogP contribution is -2.60. The molecule has 2 saturated heterocycles. The maximum atomic E-state index is 10.3. The number of aliphatic hydroxyl groups is 1. The maximum absolute atomic E-state index is 10.3. The average Bonchev–Trinajstić information content (AvgIpc) is 2.67. The topological polar surface area (TPSA) is 23.5 Å². The minimum Gasteiger partial charge on any atom is -0.392 e. The molecule has 0 unspecified atom stereocenters. The van der Waals surface area contributed by atoms with Crippen molar-refractivity contribution in [1.82, 2.24) is 4.90 Å². The quantitative estimate of drug-likeness (QED) is 0.634. The Hall–Kier alpha value is -0.340. The van der Waals surface area contributed by atoms with Crippen molar-refractivity contribution in [1.29, 1.82) is 0 Å². The molecule has 6 atom stereocenters. The number of nitrogens with zero attached hydrogens (tertiary/aromatic N) is 1. The second kappa shape index (κ2) is 3.58. The van der Waals surface area contributed by atoms with Crippen LogP contribution in [0.2, 0.25) is 0 Å². The third-order valence-corrected chi connectivity index (χ3v) is 5.21. The fourth-order valence-electron chi connectivity index (χ4n) is 4.30. The fourth-order valence-corrected chi connectivity index (χ4v) is 4.30. The normalized spacial score (nSPS) is 52.4. The smallest absolute Gasteiger partial charge is 0.0621 e. The largest absolute Gasteiger partial charge is 0.392 e. The van der Waals surface area contributed by atoms with Crippen LogP contribution in [0.1, 0.15) is 40.0 Å². The van der Waals surface area contributed by atoms with E-state index in [1.54, 1.807) is 0 Å². The maximum Gasteiger partial charge on any atom is 0.0621 e. The SMILES string of the molecule is CC1=C[C@H]2CC[C@@H]3[C@@H](C)[C@H](O)[C@H](C)[C@@H](C1)N32. The number of piperidine rings is 1. The van der Waals surface area contributed by atoms with Crippen LogP contribution in [0.15, 0.2) is 11.6 Å². The van der Waals surface area contributed by atoms with Gasteiger partial charge in [0.05, 0.1) is 6.10 Å². The van der Waals surface area contributed by atoms with Crippen molar-refractivity contribution in [3.63, 3.8) is 0 Å². The molecule has 3 aliphatic heterocycles. The summed E-state index contributed by atoms with van der Waals surface area (Å²) >= 11 is 0. The van der Waals surface area contributed by atoms with Crippen LogP contribution in [0.4, 0.5) is 0 Å². The zero-order valence-electron chi connectivity index (χ0n) is 10.6. The third kappa shape index (κ3) is 1.32. The minimum absolute atomic E-state index is 0.101. The molecule has 2 heteroatoms. The van der Waals surface area contributed by atoms with Crippen molar-refractivity contribution in [3.8, 4) is 0 Å². The highest BCUT2D eigenvalue weighted by Crippen LogP contribution is 2.45. The van der Waals surface area contributed by atoms with Gasteiger partial charge >= 0.3 is 0 Å². The lowest BCUT2D eigenvalue weighted by atomic mass is 9.75. The number of rotatable bonds is 0. The number of aliphatic hydroxyl groups excluding tert-OH is 1. The molecule has 3 rings (SSSR count). The van der Waals surface area contributed by atoms with Gasteiger partial charge in [-0.1, -0.05) is 25.5 Å². The Kier molecular flexibility index (Phi) is 2.41. The Morgan fingerprint density at radius 2 is 1.88 bits per heavy atom. The van der Waals surface area contributed by atoms with Crippen LogP contribution in [-0.4, -0.2) is 34.2 Å². The number of hydrogen-bond acceptors (Lipinski definition) is 2. The summed E-state index contributed by atoms with van der Waals surface area (Å²) in [4.78, 5) is 2.72. The van der Waals surface area contributed by atoms with Gasteiger partial charge in [-0.2, -0.15) is 0 Å². The highest BCUT2D eigenvalue weighted by molar-refractivity contribution is 5.19. The summed E-state index contributed by atoms with van der Waals surface area (Å²) in [5.74, 6) is 0.874. The van der Waals surface area contributed by atoms with Gasteiger partial charge in [-0.05, 0) is 38.0 Å². The van der Waals surface area contributed by atoms with Gasteiger partial charge in [0, 0.05) is 18.1 Å². The van der Waals surface area contributed by atoms with Crippen LogP contribution in [-0.2, 0) is 0 Å². The molecule has 90 valence electrons. The van der Waals surface area contributed by atoms with Gasteiger partial charge < -0.3 is 5.11 Å². The monoisotopic (exact) mass is 221 g/mol. The van der Waals surface area contributed by atoms with Gasteiger partial charge in [0.2, 0.25) is 0 Å². The molecule has 0 spiro atoms. The van der Waals surface area contributed by atoms with Crippen molar-refractivity contribution >= 4 is 0 Å². The van der Waals surface area contributed by atoms with E-state index in [0.717, 1.165) is 6.42 Å². The lowest BCUT2D eigenvalue weighted by molar-refractivity contribution is -0.0770. The van der Waals surface area contributed by atoms with Crippen molar-refractivity contribution in [2.75, 3.05) is 0 Å². The summed E-state index contributed by atoms with van der Waals surface area (Å²) in [5, 5.41) is 10.3. The van der Waals surface area contributed by atoms with Gasteiger partial charge in [-0.25, -0.2) is 0 Å². The van der Waals surface area contributed by atoms with Crippen molar-refractivity contribution < 1.29 is 5.11 Å². The Morgan fingerprint density at radius 3 is 2.62 bits per heavy atom. The van der Waals surface area contributed by atoms with Crippen LogP contribution in [0.5, 0.6) is 0 Å². The number of hydrogen-bond donors (Lipinski definition) is 1. The molecule has 2 nitrogen and oxygen atoms in total. The first-order valence-electron chi connectivity index (χ1n) is 6.72. The molecule has 0 saturated carbocycles. The van der Waals surface area contributed by atoms with Crippen LogP contribution in [0.25, 0.3) is 0 Å². The summed E-state index contributed by atoms with van der Waals surface area (Å²) in [6.07, 6.45) is 6.10. The highest BCUT2D eigenvalue weighted by Gasteiger charge is 2.50. The zero-order chi connectivity index (χ0) is 11.4. The van der Waals surface area contributed by atoms with Crippen LogP contribution < -0.4 is 0 Å². The van der Waals surface area contributed by atoms with Crippen LogP contribution in [0, 0.1) is 11.8 Å². The molecule has 16 heavy (non-hydrogen) atoms. The van der Waals surface area contributed by atoms with E-state index >= 15 is 0 Å². The molecular weight excluding hydrogens is 198 g/mol. The summed E-state index contributed by atoms with van der Waals surface area (Å²) in [5.41, 5.74) is 1.53. The summed E-state index contributed by atoms with van der Waals surface area (Å²) in [7, 11) is 0. The molecule has 0 amide bonds. The van der Waals surface area contributed by atoms with E-state index in [0.29, 0.717) is 30.0 Å². The summed E-state index contributed by atoms with van der Waals surface area (Å²) < 4.78 is 0. The van der Waals surface area contributed by atoms with E-state index in [1.165, 1.54) is 18.4 Å². The molecule has 0 aromatic heterocycles. The predicted octanol–water partition coefficient (Wildman–Crippen LogP) is 2.18. The molecule has 0 aromatic rings. The summed E-state index contributed by atoms with van der Waals surface area (Å²) in [6.45, 7) is 6.72. The molecule has 2 fully saturated rings. The molecular formula is C14H23NO. The molecule has 3 aliphatic rings. The Balaban J connectivity index is 1.97. The Bertz CT molecular complexity index is 325. The van der Waals surface area contributed by atoms with Crippen LogP contribution >= 0.6 is 0 Å². The minimum atomic E-state index is -0.101. The van der Waals surface area contributed by atoms with Gasteiger partial charge in [-0.15, -0.1) is 0 Å². The van der Waals surface area contributed by atoms with Crippen molar-refractivity contribution in [2.45, 2.75) is 64.3 Å². The molecule has 0 aliphatic carbocycles.